The summed E-state index contributed by atoms with van der Waals surface area (Å²) in [5.41, 5.74) is 3.26. The van der Waals surface area contributed by atoms with Gasteiger partial charge in [0.2, 0.25) is 0 Å². The second-order valence-corrected chi connectivity index (χ2v) is 7.69. The fraction of sp³-hybridized carbons (Fsp3) is 0.286. The molecule has 1 aliphatic heterocycles. The van der Waals surface area contributed by atoms with Gasteiger partial charge in [0.25, 0.3) is 5.91 Å². The number of nitrogens with zero attached hydrogens (tertiary/aromatic N) is 3. The molecule has 0 aliphatic carbocycles. The van der Waals surface area contributed by atoms with Crippen LogP contribution >= 0.6 is 11.3 Å². The number of carbonyl (C=O) groups excluding carboxylic acids is 1. The summed E-state index contributed by atoms with van der Waals surface area (Å²) >= 11 is 1.51. The minimum Gasteiger partial charge on any atom is -0.337 e. The maximum absolute atomic E-state index is 12.7. The van der Waals surface area contributed by atoms with E-state index in [4.69, 9.17) is 4.98 Å². The molecule has 132 valence electrons. The highest BCUT2D eigenvalue weighted by Gasteiger charge is 2.27. The monoisotopic (exact) mass is 363 g/mol. The predicted octanol–water partition coefficient (Wildman–Crippen LogP) is 4.53. The standard InChI is InChI=1S/C21H21N3OS/c1-15-5-2-6-16(13-15)20-22-10-9-18(23-20)17-7-3-11-24(14-17)21(25)19-8-4-12-26-19/h2,4-6,8-10,12-13,17H,3,7,11,14H2,1H3/t17-/m1/s1. The second-order valence-electron chi connectivity index (χ2n) is 6.74. The van der Waals surface area contributed by atoms with Crippen molar-refractivity contribution in [3.05, 3.63) is 70.2 Å². The van der Waals surface area contributed by atoms with E-state index in [-0.39, 0.29) is 11.8 Å². The van der Waals surface area contributed by atoms with E-state index in [0.29, 0.717) is 0 Å². The van der Waals surface area contributed by atoms with Crippen molar-refractivity contribution in [2.45, 2.75) is 25.7 Å². The van der Waals surface area contributed by atoms with Gasteiger partial charge in [-0.3, -0.25) is 4.79 Å². The lowest BCUT2D eigenvalue weighted by molar-refractivity contribution is 0.0711. The first kappa shape index (κ1) is 16.9. The number of piperidine rings is 1. The van der Waals surface area contributed by atoms with Crippen LogP contribution in [0.1, 0.15) is 39.7 Å². The molecule has 0 saturated carbocycles. The van der Waals surface area contributed by atoms with Gasteiger partial charge in [0, 0.05) is 36.5 Å². The molecule has 4 nitrogen and oxygen atoms in total. The molecule has 3 aromatic rings. The molecule has 2 aromatic heterocycles. The van der Waals surface area contributed by atoms with Crippen LogP contribution in [0.2, 0.25) is 0 Å². The van der Waals surface area contributed by atoms with Gasteiger partial charge in [0.1, 0.15) is 0 Å². The first-order chi connectivity index (χ1) is 12.7. The Kier molecular flexibility index (Phi) is 4.80. The lowest BCUT2D eigenvalue weighted by Gasteiger charge is -2.32. The lowest BCUT2D eigenvalue weighted by Crippen LogP contribution is -2.39. The first-order valence-corrected chi connectivity index (χ1v) is 9.81. The van der Waals surface area contributed by atoms with Gasteiger partial charge in [-0.15, -0.1) is 11.3 Å². The summed E-state index contributed by atoms with van der Waals surface area (Å²) in [6, 6.07) is 14.1. The third kappa shape index (κ3) is 3.53. The summed E-state index contributed by atoms with van der Waals surface area (Å²) in [5, 5.41) is 1.95. The molecule has 1 aliphatic rings. The highest BCUT2D eigenvalue weighted by atomic mass is 32.1. The Morgan fingerprint density at radius 3 is 2.96 bits per heavy atom. The Labute approximate surface area is 157 Å². The first-order valence-electron chi connectivity index (χ1n) is 8.93. The molecule has 0 bridgehead atoms. The average molecular weight is 363 g/mol. The van der Waals surface area contributed by atoms with Gasteiger partial charge in [-0.1, -0.05) is 29.8 Å². The van der Waals surface area contributed by atoms with Gasteiger partial charge in [0.05, 0.1) is 4.88 Å². The van der Waals surface area contributed by atoms with Crippen molar-refractivity contribution in [2.75, 3.05) is 13.1 Å². The largest absolute Gasteiger partial charge is 0.337 e. The zero-order valence-electron chi connectivity index (χ0n) is 14.8. The molecule has 1 amide bonds. The van der Waals surface area contributed by atoms with Gasteiger partial charge >= 0.3 is 0 Å². The van der Waals surface area contributed by atoms with Gasteiger partial charge in [0.15, 0.2) is 5.82 Å². The molecule has 1 saturated heterocycles. The molecular weight excluding hydrogens is 342 g/mol. The molecule has 0 N–H and O–H groups in total. The zero-order valence-corrected chi connectivity index (χ0v) is 15.6. The van der Waals surface area contributed by atoms with Crippen LogP contribution in [0.3, 0.4) is 0 Å². The number of thiophene rings is 1. The number of amides is 1. The van der Waals surface area contributed by atoms with E-state index in [9.17, 15) is 4.79 Å². The molecular formula is C21H21N3OS. The van der Waals surface area contributed by atoms with E-state index in [2.05, 4.69) is 24.0 Å². The van der Waals surface area contributed by atoms with Crippen molar-refractivity contribution >= 4 is 17.2 Å². The Balaban J connectivity index is 1.55. The second kappa shape index (κ2) is 7.38. The minimum absolute atomic E-state index is 0.137. The molecule has 0 radical (unpaired) electrons. The average Bonchev–Trinajstić information content (AvgIpc) is 3.22. The fourth-order valence-corrected chi connectivity index (χ4v) is 4.17. The molecule has 3 heterocycles. The van der Waals surface area contributed by atoms with Crippen LogP contribution in [0.5, 0.6) is 0 Å². The number of aryl methyl sites for hydroxylation is 1. The predicted molar refractivity (Wildman–Crippen MR) is 104 cm³/mol. The Morgan fingerprint density at radius 1 is 1.23 bits per heavy atom. The zero-order chi connectivity index (χ0) is 17.9. The number of aromatic nitrogens is 2. The smallest absolute Gasteiger partial charge is 0.263 e. The number of likely N-dealkylation sites (tertiary alicyclic amines) is 1. The number of rotatable bonds is 3. The maximum Gasteiger partial charge on any atom is 0.263 e. The summed E-state index contributed by atoms with van der Waals surface area (Å²) in [6.45, 7) is 3.62. The molecule has 0 spiro atoms. The van der Waals surface area contributed by atoms with E-state index in [1.54, 1.807) is 0 Å². The summed E-state index contributed by atoms with van der Waals surface area (Å²) in [4.78, 5) is 24.7. The highest BCUT2D eigenvalue weighted by molar-refractivity contribution is 7.12. The van der Waals surface area contributed by atoms with Crippen LogP contribution in [-0.4, -0.2) is 33.9 Å². The van der Waals surface area contributed by atoms with E-state index in [1.807, 2.05) is 46.8 Å². The topological polar surface area (TPSA) is 46.1 Å². The van der Waals surface area contributed by atoms with Crippen LogP contribution in [0.25, 0.3) is 11.4 Å². The summed E-state index contributed by atoms with van der Waals surface area (Å²) < 4.78 is 0. The SMILES string of the molecule is Cc1cccc(-c2nccc([C@@H]3CCCN(C(=O)c4cccs4)C3)n2)c1. The number of benzene rings is 1. The molecule has 1 aromatic carbocycles. The quantitative estimate of drug-likeness (QED) is 0.687. The van der Waals surface area contributed by atoms with Crippen LogP contribution in [0.15, 0.2) is 54.0 Å². The van der Waals surface area contributed by atoms with Crippen LogP contribution in [0.4, 0.5) is 0 Å². The normalized spacial score (nSPS) is 17.3. The molecule has 0 unspecified atom stereocenters. The van der Waals surface area contributed by atoms with Gasteiger partial charge in [-0.2, -0.15) is 0 Å². The molecule has 1 fully saturated rings. The molecule has 4 rings (SSSR count). The fourth-order valence-electron chi connectivity index (χ4n) is 3.48. The Bertz CT molecular complexity index is 907. The minimum atomic E-state index is 0.137. The van der Waals surface area contributed by atoms with Crippen molar-refractivity contribution in [3.63, 3.8) is 0 Å². The molecule has 5 heteroatoms. The van der Waals surface area contributed by atoms with E-state index >= 15 is 0 Å². The number of carbonyl (C=O) groups is 1. The van der Waals surface area contributed by atoms with Crippen LogP contribution in [-0.2, 0) is 0 Å². The van der Waals surface area contributed by atoms with Crippen molar-refractivity contribution in [2.24, 2.45) is 0 Å². The Morgan fingerprint density at radius 2 is 2.15 bits per heavy atom. The van der Waals surface area contributed by atoms with Gasteiger partial charge in [-0.05, 0) is 43.3 Å². The summed E-state index contributed by atoms with van der Waals surface area (Å²) in [6.07, 6.45) is 3.89. The van der Waals surface area contributed by atoms with Crippen molar-refractivity contribution in [3.8, 4) is 11.4 Å². The van der Waals surface area contributed by atoms with Crippen LogP contribution < -0.4 is 0 Å². The van der Waals surface area contributed by atoms with Crippen molar-refractivity contribution < 1.29 is 4.79 Å². The van der Waals surface area contributed by atoms with E-state index < -0.39 is 0 Å². The number of hydrogen-bond acceptors (Lipinski definition) is 4. The van der Waals surface area contributed by atoms with E-state index in [0.717, 1.165) is 47.9 Å². The summed E-state index contributed by atoms with van der Waals surface area (Å²) in [5.74, 6) is 1.16. The number of hydrogen-bond donors (Lipinski definition) is 0. The van der Waals surface area contributed by atoms with Crippen molar-refractivity contribution in [1.82, 2.24) is 14.9 Å². The third-order valence-electron chi connectivity index (χ3n) is 4.81. The lowest BCUT2D eigenvalue weighted by atomic mass is 9.94. The van der Waals surface area contributed by atoms with E-state index in [1.165, 1.54) is 16.9 Å². The van der Waals surface area contributed by atoms with Crippen LogP contribution in [0, 0.1) is 6.92 Å². The Hall–Kier alpha value is -2.53. The van der Waals surface area contributed by atoms with Gasteiger partial charge < -0.3 is 4.90 Å². The highest BCUT2D eigenvalue weighted by Crippen LogP contribution is 2.28. The third-order valence-corrected chi connectivity index (χ3v) is 5.67. The van der Waals surface area contributed by atoms with Gasteiger partial charge in [-0.25, -0.2) is 9.97 Å². The van der Waals surface area contributed by atoms with Crippen molar-refractivity contribution in [1.29, 1.82) is 0 Å². The maximum atomic E-state index is 12.7. The molecule has 1 atom stereocenters. The summed E-state index contributed by atoms with van der Waals surface area (Å²) in [7, 11) is 0. The molecule has 26 heavy (non-hydrogen) atoms.